The van der Waals surface area contributed by atoms with E-state index in [9.17, 15) is 13.5 Å². The Labute approximate surface area is 119 Å². The second-order valence-electron chi connectivity index (χ2n) is 4.82. The summed E-state index contributed by atoms with van der Waals surface area (Å²) in [6, 6.07) is 6.63. The zero-order valence-corrected chi connectivity index (χ0v) is 12.0. The van der Waals surface area contributed by atoms with Gasteiger partial charge >= 0.3 is 0 Å². The average molecular weight is 300 g/mol. The number of nitrogens with zero attached hydrogens (tertiary/aromatic N) is 1. The molecule has 0 radical (unpaired) electrons. The second kappa shape index (κ2) is 6.53. The van der Waals surface area contributed by atoms with Gasteiger partial charge < -0.3 is 15.5 Å². The number of hydrogen-bond acceptors (Lipinski definition) is 5. The van der Waals surface area contributed by atoms with Gasteiger partial charge in [-0.15, -0.1) is 0 Å². The molecule has 0 spiro atoms. The molecule has 7 heteroatoms. The van der Waals surface area contributed by atoms with Crippen LogP contribution in [0.3, 0.4) is 0 Å². The van der Waals surface area contributed by atoms with Gasteiger partial charge in [0, 0.05) is 19.6 Å². The van der Waals surface area contributed by atoms with Gasteiger partial charge in [0.05, 0.1) is 18.4 Å². The number of anilines is 1. The summed E-state index contributed by atoms with van der Waals surface area (Å²) in [5.41, 5.74) is 0.451. The maximum atomic E-state index is 12.5. The smallest absolute Gasteiger partial charge is 0.245 e. The third-order valence-electron chi connectivity index (χ3n) is 3.31. The van der Waals surface area contributed by atoms with E-state index in [1.807, 2.05) is 0 Å². The Hall–Kier alpha value is -1.15. The highest BCUT2D eigenvalue weighted by molar-refractivity contribution is 7.89. The monoisotopic (exact) mass is 300 g/mol. The third-order valence-corrected chi connectivity index (χ3v) is 5.27. The number of hydrogen-bond donors (Lipinski definition) is 3. The van der Waals surface area contributed by atoms with Gasteiger partial charge in [-0.25, -0.2) is 8.42 Å². The van der Waals surface area contributed by atoms with Crippen molar-refractivity contribution >= 4 is 15.7 Å². The van der Waals surface area contributed by atoms with E-state index < -0.39 is 16.1 Å². The lowest BCUT2D eigenvalue weighted by atomic mass is 10.3. The molecule has 1 aromatic carbocycles. The van der Waals surface area contributed by atoms with Crippen LogP contribution >= 0.6 is 0 Å². The van der Waals surface area contributed by atoms with Gasteiger partial charge in [0.2, 0.25) is 10.0 Å². The molecular weight excluding hydrogens is 280 g/mol. The molecule has 2 rings (SSSR count). The van der Waals surface area contributed by atoms with Crippen LogP contribution in [0.2, 0.25) is 0 Å². The Morgan fingerprint density at radius 3 is 2.55 bits per heavy atom. The van der Waals surface area contributed by atoms with E-state index in [4.69, 9.17) is 5.11 Å². The van der Waals surface area contributed by atoms with Crippen LogP contribution in [0.5, 0.6) is 0 Å². The molecule has 0 amide bonds. The lowest BCUT2D eigenvalue weighted by Gasteiger charge is -2.19. The quantitative estimate of drug-likeness (QED) is 0.700. The van der Waals surface area contributed by atoms with Crippen LogP contribution in [0, 0.1) is 0 Å². The predicted molar refractivity (Wildman–Crippen MR) is 76.0 cm³/mol. The topological polar surface area (TPSA) is 89.9 Å². The average Bonchev–Trinajstić information content (AvgIpc) is 3.00. The number of aliphatic hydroxyl groups excluding tert-OH is 2. The van der Waals surface area contributed by atoms with E-state index in [1.165, 1.54) is 4.31 Å². The molecule has 1 aliphatic rings. The highest BCUT2D eigenvalue weighted by atomic mass is 32.2. The molecule has 0 bridgehead atoms. The van der Waals surface area contributed by atoms with Crippen LogP contribution < -0.4 is 5.32 Å². The Balaban J connectivity index is 2.22. The fourth-order valence-corrected chi connectivity index (χ4v) is 3.88. The molecule has 0 aliphatic carbocycles. The summed E-state index contributed by atoms with van der Waals surface area (Å²) < 4.78 is 26.6. The van der Waals surface area contributed by atoms with E-state index in [0.717, 1.165) is 12.8 Å². The number of sulfonamides is 1. The summed E-state index contributed by atoms with van der Waals surface area (Å²) in [5, 5.41) is 21.0. The summed E-state index contributed by atoms with van der Waals surface area (Å²) in [6.45, 7) is 0.836. The molecule has 1 heterocycles. The second-order valence-corrected chi connectivity index (χ2v) is 6.73. The maximum absolute atomic E-state index is 12.5. The van der Waals surface area contributed by atoms with Crippen molar-refractivity contribution in [2.24, 2.45) is 0 Å². The summed E-state index contributed by atoms with van der Waals surface area (Å²) in [6.07, 6.45) is 0.855. The molecule has 1 aliphatic heterocycles. The van der Waals surface area contributed by atoms with Gasteiger partial charge in [-0.05, 0) is 25.0 Å². The molecule has 1 atom stereocenters. The Morgan fingerprint density at radius 1 is 1.25 bits per heavy atom. The number of para-hydroxylation sites is 1. The van der Waals surface area contributed by atoms with Crippen LogP contribution in [0.1, 0.15) is 12.8 Å². The van der Waals surface area contributed by atoms with Crippen LogP contribution in [0.25, 0.3) is 0 Å². The SMILES string of the molecule is O=S(=O)(c1ccccc1NCC(O)CO)N1CCCC1. The Morgan fingerprint density at radius 2 is 1.90 bits per heavy atom. The van der Waals surface area contributed by atoms with Crippen molar-refractivity contribution in [1.82, 2.24) is 4.31 Å². The van der Waals surface area contributed by atoms with Crippen molar-refractivity contribution in [2.45, 2.75) is 23.8 Å². The van der Waals surface area contributed by atoms with Gasteiger partial charge in [-0.3, -0.25) is 0 Å². The molecule has 1 unspecified atom stereocenters. The standard InChI is InChI=1S/C13H20N2O4S/c16-10-11(17)9-14-12-5-1-2-6-13(12)20(18,19)15-7-3-4-8-15/h1-2,5-6,11,14,16-17H,3-4,7-10H2. The summed E-state index contributed by atoms with van der Waals surface area (Å²) in [7, 11) is -3.50. The normalized spacial score (nSPS) is 18.1. The van der Waals surface area contributed by atoms with E-state index >= 15 is 0 Å². The maximum Gasteiger partial charge on any atom is 0.245 e. The Bertz CT molecular complexity index is 541. The summed E-state index contributed by atoms with van der Waals surface area (Å²) in [4.78, 5) is 0.215. The van der Waals surface area contributed by atoms with Gasteiger partial charge in [0.15, 0.2) is 0 Å². The first-order chi connectivity index (χ1) is 9.55. The minimum absolute atomic E-state index is 0.100. The van der Waals surface area contributed by atoms with Crippen molar-refractivity contribution in [1.29, 1.82) is 0 Å². The molecule has 6 nitrogen and oxygen atoms in total. The Kier molecular flexibility index (Phi) is 4.98. The van der Waals surface area contributed by atoms with E-state index in [2.05, 4.69) is 5.32 Å². The van der Waals surface area contributed by atoms with Crippen LogP contribution in [0.4, 0.5) is 5.69 Å². The highest BCUT2D eigenvalue weighted by Crippen LogP contribution is 2.26. The van der Waals surface area contributed by atoms with Crippen LogP contribution in [-0.4, -0.2) is 55.3 Å². The van der Waals surface area contributed by atoms with Gasteiger partial charge in [0.25, 0.3) is 0 Å². The van der Waals surface area contributed by atoms with Crippen molar-refractivity contribution in [3.8, 4) is 0 Å². The fourth-order valence-electron chi connectivity index (χ4n) is 2.20. The molecule has 0 aromatic heterocycles. The first kappa shape index (κ1) is 15.2. The minimum Gasteiger partial charge on any atom is -0.394 e. The van der Waals surface area contributed by atoms with Crippen LogP contribution in [-0.2, 0) is 10.0 Å². The molecular formula is C13H20N2O4S. The van der Waals surface area contributed by atoms with Crippen molar-refractivity contribution < 1.29 is 18.6 Å². The predicted octanol–water partition coefficient (Wildman–Crippen LogP) is 0.236. The first-order valence-corrected chi connectivity index (χ1v) is 8.11. The zero-order chi connectivity index (χ0) is 14.6. The molecule has 1 aromatic rings. The lowest BCUT2D eigenvalue weighted by molar-refractivity contribution is 0.105. The molecule has 3 N–H and O–H groups in total. The van der Waals surface area contributed by atoms with Crippen molar-refractivity contribution in [3.63, 3.8) is 0 Å². The van der Waals surface area contributed by atoms with E-state index in [0.29, 0.717) is 18.8 Å². The number of aliphatic hydroxyl groups is 2. The number of benzene rings is 1. The number of nitrogens with one attached hydrogen (secondary N) is 1. The molecule has 20 heavy (non-hydrogen) atoms. The zero-order valence-electron chi connectivity index (χ0n) is 11.2. The summed E-state index contributed by atoms with van der Waals surface area (Å²) >= 11 is 0. The third kappa shape index (κ3) is 3.29. The summed E-state index contributed by atoms with van der Waals surface area (Å²) in [5.74, 6) is 0. The highest BCUT2D eigenvalue weighted by Gasteiger charge is 2.29. The largest absolute Gasteiger partial charge is 0.394 e. The molecule has 0 saturated carbocycles. The molecule has 1 saturated heterocycles. The number of rotatable bonds is 6. The van der Waals surface area contributed by atoms with E-state index in [1.54, 1.807) is 24.3 Å². The van der Waals surface area contributed by atoms with Crippen molar-refractivity contribution in [3.05, 3.63) is 24.3 Å². The van der Waals surface area contributed by atoms with E-state index in [-0.39, 0.29) is 18.0 Å². The minimum atomic E-state index is -3.50. The van der Waals surface area contributed by atoms with Gasteiger partial charge in [0.1, 0.15) is 4.90 Å². The van der Waals surface area contributed by atoms with Gasteiger partial charge in [-0.2, -0.15) is 4.31 Å². The lowest BCUT2D eigenvalue weighted by Crippen LogP contribution is -2.29. The fraction of sp³-hybridized carbons (Fsp3) is 0.538. The van der Waals surface area contributed by atoms with Crippen LogP contribution in [0.15, 0.2) is 29.2 Å². The van der Waals surface area contributed by atoms with Crippen molar-refractivity contribution in [2.75, 3.05) is 31.6 Å². The van der Waals surface area contributed by atoms with Gasteiger partial charge in [-0.1, -0.05) is 12.1 Å². The first-order valence-electron chi connectivity index (χ1n) is 6.67. The molecule has 112 valence electrons. The molecule has 1 fully saturated rings.